The molecule has 2 aliphatic rings. The summed E-state index contributed by atoms with van der Waals surface area (Å²) in [7, 11) is 0. The zero-order valence-corrected chi connectivity index (χ0v) is 57.6. The van der Waals surface area contributed by atoms with Gasteiger partial charge in [0.1, 0.15) is 0 Å². The van der Waals surface area contributed by atoms with Gasteiger partial charge in [-0.1, -0.05) is 265 Å². The minimum atomic E-state index is -0.221. The number of benzene rings is 14. The number of thiophene rings is 2. The molecular weight excluding hydrogens is 1230 g/mol. The molecule has 5 heteroatoms. The summed E-state index contributed by atoms with van der Waals surface area (Å²) in [5, 5.41) is 5.16. The van der Waals surface area contributed by atoms with Crippen LogP contribution in [0.3, 0.4) is 0 Å². The van der Waals surface area contributed by atoms with E-state index in [2.05, 4.69) is 350 Å². The number of hydrogen-bond donors (Lipinski definition) is 0. The molecule has 0 fully saturated rings. The summed E-state index contributed by atoms with van der Waals surface area (Å²) in [6, 6.07) is 116. The van der Waals surface area contributed by atoms with Crippen molar-refractivity contribution in [2.75, 3.05) is 4.90 Å². The highest BCUT2D eigenvalue weighted by molar-refractivity contribution is 8.00. The van der Waals surface area contributed by atoms with E-state index in [1.807, 2.05) is 34.4 Å². The molecule has 0 N–H and O–H groups in total. The van der Waals surface area contributed by atoms with Gasteiger partial charge >= 0.3 is 0 Å². The summed E-state index contributed by atoms with van der Waals surface area (Å²) in [4.78, 5) is 5.33. The summed E-state index contributed by atoms with van der Waals surface area (Å²) in [6.07, 6.45) is 0. The van der Waals surface area contributed by atoms with Crippen LogP contribution in [0, 0.1) is 0 Å². The van der Waals surface area contributed by atoms with Gasteiger partial charge in [0.25, 0.3) is 0 Å². The molecule has 4 heterocycles. The maximum absolute atomic E-state index is 2.78. The van der Waals surface area contributed by atoms with Crippen LogP contribution in [0.5, 0.6) is 0 Å². The van der Waals surface area contributed by atoms with Crippen molar-refractivity contribution in [2.45, 2.75) is 62.2 Å². The fraction of sp³-hybridized carbons (Fsp3) is 0.0870. The van der Waals surface area contributed by atoms with Crippen LogP contribution >= 0.6 is 34.4 Å². The van der Waals surface area contributed by atoms with Gasteiger partial charge in [-0.05, 0) is 208 Å². The van der Waals surface area contributed by atoms with Gasteiger partial charge in [-0.2, -0.15) is 0 Å². The molecule has 18 rings (SSSR count). The van der Waals surface area contributed by atoms with E-state index in [1.54, 1.807) is 0 Å². The maximum atomic E-state index is 2.78. The molecule has 0 spiro atoms. The van der Waals surface area contributed by atoms with Crippen LogP contribution in [0.1, 0.15) is 52.7 Å². The molecule has 0 aliphatic carbocycles. The lowest BCUT2D eigenvalue weighted by Crippen LogP contribution is -2.60. The first-order valence-electron chi connectivity index (χ1n) is 33.8. The van der Waals surface area contributed by atoms with Gasteiger partial charge in [-0.3, -0.25) is 0 Å². The van der Waals surface area contributed by atoms with Crippen LogP contribution in [-0.2, 0) is 10.8 Å². The Morgan fingerprint density at radius 3 is 1.18 bits per heavy atom. The van der Waals surface area contributed by atoms with Crippen molar-refractivity contribution in [1.29, 1.82) is 0 Å². The van der Waals surface area contributed by atoms with Gasteiger partial charge in [0, 0.05) is 72.6 Å². The molecule has 14 aromatic carbocycles. The number of fused-ring (bicyclic) bond motifs is 10. The van der Waals surface area contributed by atoms with Crippen LogP contribution < -0.4 is 21.3 Å². The minimum Gasteiger partial charge on any atom is -0.310 e. The molecule has 0 saturated heterocycles. The molecule has 2 aliphatic heterocycles. The van der Waals surface area contributed by atoms with E-state index in [0.29, 0.717) is 0 Å². The van der Waals surface area contributed by atoms with Crippen molar-refractivity contribution < 1.29 is 0 Å². The maximum Gasteiger partial charge on any atom is 0.249 e. The highest BCUT2D eigenvalue weighted by Gasteiger charge is 2.44. The van der Waals surface area contributed by atoms with Gasteiger partial charge in [-0.25, -0.2) is 0 Å². The monoisotopic (exact) mass is 1290 g/mol. The molecule has 0 unspecified atom stereocenters. The first kappa shape index (κ1) is 59.2. The Morgan fingerprint density at radius 1 is 0.278 bits per heavy atom. The molecule has 97 heavy (non-hydrogen) atoms. The SMILES string of the molecule is CC(C)(C)c1cc(-c2cccc3sc4ccccc4c23)c(N2c3cc(C(C)(C)C)ccc3B3c4cc(-c5cc(-c6ccccc6)cc(-c6ccccc6)c5)ccc4Sc4cc(-c5cc(-c6ccccc6)cc(-c6ccccc6)c5)cc2c43)c(-c2cccc3sc4ccccc4c23)c1. The third-order valence-corrected chi connectivity index (χ3v) is 23.6. The Kier molecular flexibility index (Phi) is 14.2. The summed E-state index contributed by atoms with van der Waals surface area (Å²) < 4.78 is 5.16. The standard InChI is InChI=1S/C92H68BNS3/c1-91(2,3)69-42-43-77-79(56-69)94(90-75(71-35-23-39-84-87(71)73-33-19-21-37-81(73)95-84)54-70(92(4,5)6)55-76(90)72-36-24-40-85-88(72)74-34-20-22-38-82(74)96-85)80-52-68(67-49-64(59-29-15-9-16-30-59)46-65(50-67)60-31-17-10-18-32-60)53-86-89(80)93(77)78-51-61(41-44-83(78)97-86)66-47-62(57-25-11-7-12-26-57)45-63(48-66)58-27-13-8-14-28-58/h7-56H,1-6H3. The second-order valence-corrected chi connectivity index (χ2v) is 31.6. The summed E-state index contributed by atoms with van der Waals surface area (Å²) in [5.74, 6) is 0. The quantitative estimate of drug-likeness (QED) is 0.133. The highest BCUT2D eigenvalue weighted by atomic mass is 32.2. The van der Waals surface area contributed by atoms with Crippen molar-refractivity contribution in [3.63, 3.8) is 0 Å². The Morgan fingerprint density at radius 2 is 0.701 bits per heavy atom. The molecule has 0 atom stereocenters. The zero-order valence-electron chi connectivity index (χ0n) is 55.1. The lowest BCUT2D eigenvalue weighted by Gasteiger charge is -2.43. The van der Waals surface area contributed by atoms with E-state index in [4.69, 9.17) is 0 Å². The predicted octanol–water partition coefficient (Wildman–Crippen LogP) is 25.1. The summed E-state index contributed by atoms with van der Waals surface area (Å²) in [6.45, 7) is 14.2. The van der Waals surface area contributed by atoms with Crippen molar-refractivity contribution in [3.8, 4) is 89.0 Å². The van der Waals surface area contributed by atoms with E-state index in [-0.39, 0.29) is 17.5 Å². The predicted molar refractivity (Wildman–Crippen MR) is 423 cm³/mol. The molecular formula is C92H68BNS3. The molecule has 16 aromatic rings. The Bertz CT molecular complexity index is 5560. The third kappa shape index (κ3) is 10.3. The minimum absolute atomic E-state index is 0.119. The van der Waals surface area contributed by atoms with E-state index < -0.39 is 0 Å². The highest BCUT2D eigenvalue weighted by Crippen LogP contribution is 2.56. The fourth-order valence-corrected chi connectivity index (χ4v) is 18.7. The van der Waals surface area contributed by atoms with E-state index >= 15 is 0 Å². The first-order chi connectivity index (χ1) is 47.3. The fourth-order valence-electron chi connectivity index (χ4n) is 15.3. The number of anilines is 3. The second kappa shape index (κ2) is 23.2. The number of hydrogen-bond acceptors (Lipinski definition) is 4. The third-order valence-electron chi connectivity index (χ3n) is 20.2. The Labute approximate surface area is 581 Å². The average molecular weight is 1290 g/mol. The summed E-state index contributed by atoms with van der Waals surface area (Å²) in [5.41, 5.74) is 28.9. The smallest absolute Gasteiger partial charge is 0.249 e. The molecule has 0 amide bonds. The van der Waals surface area contributed by atoms with Crippen molar-refractivity contribution in [2.24, 2.45) is 0 Å². The second-order valence-electron chi connectivity index (χ2n) is 28.3. The molecule has 0 saturated carbocycles. The van der Waals surface area contributed by atoms with Gasteiger partial charge in [0.15, 0.2) is 0 Å². The average Bonchev–Trinajstić information content (AvgIpc) is 1.14. The molecule has 2 aromatic heterocycles. The number of rotatable bonds is 9. The topological polar surface area (TPSA) is 3.24 Å². The largest absolute Gasteiger partial charge is 0.310 e. The first-order valence-corrected chi connectivity index (χ1v) is 36.2. The number of nitrogens with zero attached hydrogens (tertiary/aromatic N) is 1. The van der Waals surface area contributed by atoms with Crippen LogP contribution in [-0.4, -0.2) is 6.71 Å². The van der Waals surface area contributed by atoms with Crippen LogP contribution in [0.4, 0.5) is 17.1 Å². The molecule has 0 bridgehead atoms. The van der Waals surface area contributed by atoms with E-state index in [1.165, 1.54) is 184 Å². The van der Waals surface area contributed by atoms with Crippen LogP contribution in [0.2, 0.25) is 0 Å². The molecule has 0 radical (unpaired) electrons. The van der Waals surface area contributed by atoms with Crippen molar-refractivity contribution in [1.82, 2.24) is 0 Å². The molecule has 1 nitrogen and oxygen atoms in total. The Hall–Kier alpha value is -10.3. The van der Waals surface area contributed by atoms with Gasteiger partial charge in [-0.15, -0.1) is 22.7 Å². The van der Waals surface area contributed by atoms with E-state index in [0.717, 1.165) is 0 Å². The van der Waals surface area contributed by atoms with Crippen molar-refractivity contribution >= 4 is 115 Å². The molecule has 462 valence electrons. The summed E-state index contributed by atoms with van der Waals surface area (Å²) >= 11 is 5.73. The van der Waals surface area contributed by atoms with Crippen LogP contribution in [0.25, 0.3) is 129 Å². The van der Waals surface area contributed by atoms with Crippen LogP contribution in [0.15, 0.2) is 313 Å². The van der Waals surface area contributed by atoms with Gasteiger partial charge in [0.2, 0.25) is 6.71 Å². The van der Waals surface area contributed by atoms with Crippen molar-refractivity contribution in [3.05, 3.63) is 314 Å². The lowest BCUT2D eigenvalue weighted by molar-refractivity contribution is 0.590. The zero-order chi connectivity index (χ0) is 65.3. The lowest BCUT2D eigenvalue weighted by atomic mass is 9.34. The normalized spacial score (nSPS) is 12.8. The van der Waals surface area contributed by atoms with Gasteiger partial charge in [0.05, 0.1) is 5.69 Å². The van der Waals surface area contributed by atoms with Gasteiger partial charge < -0.3 is 4.90 Å². The van der Waals surface area contributed by atoms with E-state index in [9.17, 15) is 0 Å². The Balaban J connectivity index is 0.979.